The van der Waals surface area contributed by atoms with Gasteiger partial charge in [0.2, 0.25) is 5.91 Å². The molecule has 2 aromatic carbocycles. The molecule has 2 aliphatic heterocycles. The van der Waals surface area contributed by atoms with Crippen LogP contribution in [-0.4, -0.2) is 35.4 Å². The molecule has 2 atom stereocenters. The first-order valence-corrected chi connectivity index (χ1v) is 8.50. The Morgan fingerprint density at radius 2 is 1.72 bits per heavy atom. The van der Waals surface area contributed by atoms with Crippen LogP contribution in [0.25, 0.3) is 0 Å². The number of anilines is 1. The third-order valence-electron chi connectivity index (χ3n) is 5.15. The zero-order valence-electron chi connectivity index (χ0n) is 14.1. The standard InChI is InChI=1S/C20H20N2O3/c1-21-18(23)12-13-20(21)14-17(19(24)15-8-4-2-5-9-15)22(25-20)16-10-6-3-7-11-16/h2-11,17H,12-14H2,1H3/t17-,20+/m0/s1. The molecule has 2 heterocycles. The van der Waals surface area contributed by atoms with E-state index in [1.807, 2.05) is 60.7 Å². The summed E-state index contributed by atoms with van der Waals surface area (Å²) < 4.78 is 0. The maximum Gasteiger partial charge on any atom is 0.224 e. The summed E-state index contributed by atoms with van der Waals surface area (Å²) in [5, 5.41) is 1.68. The summed E-state index contributed by atoms with van der Waals surface area (Å²) >= 11 is 0. The van der Waals surface area contributed by atoms with Gasteiger partial charge in [-0.2, -0.15) is 0 Å². The van der Waals surface area contributed by atoms with E-state index < -0.39 is 11.8 Å². The molecule has 1 spiro atoms. The summed E-state index contributed by atoms with van der Waals surface area (Å²) in [4.78, 5) is 33.1. The monoisotopic (exact) mass is 336 g/mol. The minimum atomic E-state index is -0.734. The van der Waals surface area contributed by atoms with Crippen molar-refractivity contribution < 1.29 is 14.4 Å². The molecule has 5 nitrogen and oxygen atoms in total. The molecular formula is C20H20N2O3. The number of nitrogens with zero attached hydrogens (tertiary/aromatic N) is 2. The van der Waals surface area contributed by atoms with Crippen LogP contribution in [0, 0.1) is 0 Å². The van der Waals surface area contributed by atoms with Gasteiger partial charge in [-0.15, -0.1) is 0 Å². The maximum absolute atomic E-state index is 13.1. The number of para-hydroxylation sites is 1. The molecule has 2 fully saturated rings. The van der Waals surface area contributed by atoms with Crippen LogP contribution in [0.15, 0.2) is 60.7 Å². The van der Waals surface area contributed by atoms with Gasteiger partial charge < -0.3 is 4.90 Å². The molecular weight excluding hydrogens is 316 g/mol. The van der Waals surface area contributed by atoms with Crippen LogP contribution in [0.5, 0.6) is 0 Å². The molecule has 2 aromatic rings. The van der Waals surface area contributed by atoms with E-state index in [0.29, 0.717) is 24.8 Å². The van der Waals surface area contributed by atoms with Gasteiger partial charge in [0, 0.05) is 31.9 Å². The molecule has 25 heavy (non-hydrogen) atoms. The number of benzene rings is 2. The van der Waals surface area contributed by atoms with Gasteiger partial charge in [-0.1, -0.05) is 48.5 Å². The highest BCUT2D eigenvalue weighted by molar-refractivity contribution is 6.02. The minimum Gasteiger partial charge on any atom is -0.315 e. The van der Waals surface area contributed by atoms with E-state index in [1.165, 1.54) is 0 Å². The summed E-state index contributed by atoms with van der Waals surface area (Å²) in [6.45, 7) is 0. The number of hydroxylamine groups is 1. The molecule has 0 unspecified atom stereocenters. The van der Waals surface area contributed by atoms with Gasteiger partial charge in [0.25, 0.3) is 0 Å². The van der Waals surface area contributed by atoms with Gasteiger partial charge in [0.15, 0.2) is 11.5 Å². The van der Waals surface area contributed by atoms with Gasteiger partial charge in [-0.3, -0.25) is 9.59 Å². The summed E-state index contributed by atoms with van der Waals surface area (Å²) in [6, 6.07) is 18.4. The molecule has 0 N–H and O–H groups in total. The van der Waals surface area contributed by atoms with Crippen molar-refractivity contribution >= 4 is 17.4 Å². The molecule has 0 aromatic heterocycles. The Morgan fingerprint density at radius 1 is 1.08 bits per heavy atom. The van der Waals surface area contributed by atoms with Crippen molar-refractivity contribution in [2.24, 2.45) is 0 Å². The average molecular weight is 336 g/mol. The van der Waals surface area contributed by atoms with Crippen molar-refractivity contribution in [1.82, 2.24) is 4.90 Å². The van der Waals surface area contributed by atoms with Crippen molar-refractivity contribution in [3.8, 4) is 0 Å². The fraction of sp³-hybridized carbons (Fsp3) is 0.300. The van der Waals surface area contributed by atoms with Crippen molar-refractivity contribution in [3.63, 3.8) is 0 Å². The molecule has 0 bridgehead atoms. The van der Waals surface area contributed by atoms with E-state index in [9.17, 15) is 9.59 Å². The highest BCUT2D eigenvalue weighted by atomic mass is 16.7. The van der Waals surface area contributed by atoms with Crippen LogP contribution < -0.4 is 5.06 Å². The van der Waals surface area contributed by atoms with Crippen LogP contribution in [0.4, 0.5) is 5.69 Å². The number of Topliss-reactive ketones (excluding diaryl/α,β-unsaturated/α-hetero) is 1. The normalized spacial score (nSPS) is 25.8. The summed E-state index contributed by atoms with van der Waals surface area (Å²) in [6.07, 6.45) is 1.52. The highest BCUT2D eigenvalue weighted by Crippen LogP contribution is 2.44. The number of likely N-dealkylation sites (tertiary alicyclic amines) is 1. The predicted molar refractivity (Wildman–Crippen MR) is 93.9 cm³/mol. The van der Waals surface area contributed by atoms with Crippen molar-refractivity contribution in [2.45, 2.75) is 31.0 Å². The third kappa shape index (κ3) is 2.61. The minimum absolute atomic E-state index is 0.00840. The van der Waals surface area contributed by atoms with E-state index in [1.54, 1.807) is 17.0 Å². The van der Waals surface area contributed by atoms with Gasteiger partial charge >= 0.3 is 0 Å². The number of amides is 1. The van der Waals surface area contributed by atoms with Crippen LogP contribution in [-0.2, 0) is 9.63 Å². The van der Waals surface area contributed by atoms with Gasteiger partial charge in [0.05, 0.1) is 5.69 Å². The molecule has 0 radical (unpaired) electrons. The van der Waals surface area contributed by atoms with Crippen molar-refractivity contribution in [2.75, 3.05) is 12.1 Å². The second kappa shape index (κ2) is 6.01. The predicted octanol–water partition coefficient (Wildman–Crippen LogP) is 3.03. The Bertz CT molecular complexity index is 793. The van der Waals surface area contributed by atoms with E-state index in [2.05, 4.69) is 0 Å². The molecule has 1 amide bonds. The number of hydrogen-bond donors (Lipinski definition) is 0. The fourth-order valence-corrected chi connectivity index (χ4v) is 3.68. The Morgan fingerprint density at radius 3 is 2.32 bits per heavy atom. The number of ketones is 1. The molecule has 0 aliphatic carbocycles. The van der Waals surface area contributed by atoms with Crippen LogP contribution in [0.3, 0.4) is 0 Å². The maximum atomic E-state index is 13.1. The summed E-state index contributed by atoms with van der Waals surface area (Å²) in [5.74, 6) is 0.0647. The van der Waals surface area contributed by atoms with Gasteiger partial charge in [-0.05, 0) is 12.1 Å². The first kappa shape index (κ1) is 15.8. The lowest BCUT2D eigenvalue weighted by Gasteiger charge is -2.31. The summed E-state index contributed by atoms with van der Waals surface area (Å²) in [7, 11) is 1.76. The smallest absolute Gasteiger partial charge is 0.224 e. The zero-order valence-corrected chi connectivity index (χ0v) is 14.1. The van der Waals surface area contributed by atoms with Gasteiger partial charge in [-0.25, -0.2) is 9.90 Å². The van der Waals surface area contributed by atoms with E-state index in [0.717, 1.165) is 5.69 Å². The Kier molecular flexibility index (Phi) is 3.81. The van der Waals surface area contributed by atoms with Crippen molar-refractivity contribution in [3.05, 3.63) is 66.2 Å². The quantitative estimate of drug-likeness (QED) is 0.809. The largest absolute Gasteiger partial charge is 0.315 e. The number of hydrogen-bond acceptors (Lipinski definition) is 4. The topological polar surface area (TPSA) is 49.9 Å². The Hall–Kier alpha value is -2.66. The van der Waals surface area contributed by atoms with Crippen LogP contribution >= 0.6 is 0 Å². The van der Waals surface area contributed by atoms with Crippen LogP contribution in [0.1, 0.15) is 29.6 Å². The lowest BCUT2D eigenvalue weighted by Crippen LogP contribution is -2.43. The number of carbonyl (C=O) groups excluding carboxylic acids is 2. The Balaban J connectivity index is 1.72. The fourth-order valence-electron chi connectivity index (χ4n) is 3.68. The average Bonchev–Trinajstić information content (AvgIpc) is 3.19. The lowest BCUT2D eigenvalue weighted by atomic mass is 9.95. The first-order chi connectivity index (χ1) is 12.1. The SMILES string of the molecule is CN1C(=O)CC[C@@]12C[C@@H](C(=O)c1ccccc1)N(c1ccccc1)O2. The molecule has 5 heteroatoms. The molecule has 0 saturated carbocycles. The second-order valence-corrected chi connectivity index (χ2v) is 6.60. The van der Waals surface area contributed by atoms with Crippen LogP contribution in [0.2, 0.25) is 0 Å². The molecule has 2 aliphatic rings. The molecule has 128 valence electrons. The Labute approximate surface area is 146 Å². The van der Waals surface area contributed by atoms with E-state index in [-0.39, 0.29) is 11.7 Å². The molecule has 2 saturated heterocycles. The van der Waals surface area contributed by atoms with E-state index >= 15 is 0 Å². The second-order valence-electron chi connectivity index (χ2n) is 6.60. The first-order valence-electron chi connectivity index (χ1n) is 8.50. The van der Waals surface area contributed by atoms with E-state index in [4.69, 9.17) is 4.84 Å². The number of carbonyl (C=O) groups is 2. The third-order valence-corrected chi connectivity index (χ3v) is 5.15. The lowest BCUT2D eigenvalue weighted by molar-refractivity contribution is -0.145. The summed E-state index contributed by atoms with van der Waals surface area (Å²) in [5.41, 5.74) is 0.740. The van der Waals surface area contributed by atoms with Crippen molar-refractivity contribution in [1.29, 1.82) is 0 Å². The van der Waals surface area contributed by atoms with Gasteiger partial charge in [0.1, 0.15) is 6.04 Å². The zero-order chi connectivity index (χ0) is 17.4. The molecule has 4 rings (SSSR count). The number of rotatable bonds is 3. The highest BCUT2D eigenvalue weighted by Gasteiger charge is 2.55.